The molecule has 0 fully saturated rings. The highest BCUT2D eigenvalue weighted by Gasteiger charge is 2.20. The molecule has 2 N–H and O–H groups in total. The van der Waals surface area contributed by atoms with Gasteiger partial charge in [-0.1, -0.05) is 19.1 Å². The number of fused-ring (bicyclic) bond motifs is 1. The van der Waals surface area contributed by atoms with E-state index in [4.69, 9.17) is 5.11 Å². The Morgan fingerprint density at radius 3 is 3.07 bits per heavy atom. The number of benzene rings is 1. The average Bonchev–Trinajstić information content (AvgIpc) is 2.17. The number of para-hydroxylation sites is 1. The molecule has 0 spiro atoms. The molecule has 0 saturated heterocycles. The molecule has 0 saturated carbocycles. The molecule has 3 nitrogen and oxygen atoms in total. The Balaban J connectivity index is 2.55. The van der Waals surface area contributed by atoms with Gasteiger partial charge in [-0.3, -0.25) is 0 Å². The van der Waals surface area contributed by atoms with Crippen molar-refractivity contribution >= 4 is 11.7 Å². The van der Waals surface area contributed by atoms with Crippen LogP contribution < -0.4 is 5.32 Å². The van der Waals surface area contributed by atoms with Crippen molar-refractivity contribution in [2.24, 2.45) is 0 Å². The van der Waals surface area contributed by atoms with Crippen molar-refractivity contribution in [1.29, 1.82) is 0 Å². The van der Waals surface area contributed by atoms with Crippen LogP contribution in [0, 0.1) is 0 Å². The minimum absolute atomic E-state index is 0.383. The summed E-state index contributed by atoms with van der Waals surface area (Å²) in [5.41, 5.74) is 2.31. The van der Waals surface area contributed by atoms with Gasteiger partial charge in [0.05, 0.1) is 11.3 Å². The summed E-state index contributed by atoms with van der Waals surface area (Å²) >= 11 is 0. The van der Waals surface area contributed by atoms with Gasteiger partial charge in [0.2, 0.25) is 0 Å². The fourth-order valence-corrected chi connectivity index (χ4v) is 1.93. The van der Waals surface area contributed by atoms with Crippen molar-refractivity contribution in [1.82, 2.24) is 0 Å². The van der Waals surface area contributed by atoms with E-state index in [1.165, 1.54) is 0 Å². The summed E-state index contributed by atoms with van der Waals surface area (Å²) in [5.74, 6) is -0.408. The van der Waals surface area contributed by atoms with Crippen molar-refractivity contribution in [2.75, 3.05) is 11.9 Å². The largest absolute Gasteiger partial charge is 0.478 e. The predicted octanol–water partition coefficient (Wildman–Crippen LogP) is 2.30. The van der Waals surface area contributed by atoms with Crippen LogP contribution in [0.1, 0.15) is 35.2 Å². The molecule has 1 aliphatic heterocycles. The maximum absolute atomic E-state index is 10.9. The Hall–Kier alpha value is -1.51. The molecule has 3 heteroatoms. The molecule has 1 atom stereocenters. The lowest BCUT2D eigenvalue weighted by molar-refractivity contribution is 0.0697. The molecule has 1 aliphatic rings. The summed E-state index contributed by atoms with van der Waals surface area (Å²) in [6, 6.07) is 5.45. The lowest BCUT2D eigenvalue weighted by Gasteiger charge is -2.24. The third-order valence-electron chi connectivity index (χ3n) is 2.74. The first-order chi connectivity index (χ1) is 6.70. The van der Waals surface area contributed by atoms with Crippen LogP contribution in [-0.4, -0.2) is 17.6 Å². The van der Waals surface area contributed by atoms with Gasteiger partial charge in [-0.15, -0.1) is 0 Å². The van der Waals surface area contributed by atoms with E-state index in [0.717, 1.165) is 24.2 Å². The third-order valence-corrected chi connectivity index (χ3v) is 2.74. The van der Waals surface area contributed by atoms with Crippen molar-refractivity contribution in [3.05, 3.63) is 29.3 Å². The number of nitrogens with one attached hydrogen (secondary N) is 1. The molecule has 1 unspecified atom stereocenters. The fraction of sp³-hybridized carbons (Fsp3) is 0.364. The SMILES string of the molecule is CC1CCNc2c(C(=O)O)cccc21. The van der Waals surface area contributed by atoms with Crippen LogP contribution in [0.4, 0.5) is 5.69 Å². The van der Waals surface area contributed by atoms with Gasteiger partial charge in [-0.2, -0.15) is 0 Å². The normalized spacial score (nSPS) is 19.6. The number of rotatable bonds is 1. The first kappa shape index (κ1) is 9.06. The zero-order valence-electron chi connectivity index (χ0n) is 8.08. The van der Waals surface area contributed by atoms with Crippen LogP contribution in [0.25, 0.3) is 0 Å². The number of anilines is 1. The fourth-order valence-electron chi connectivity index (χ4n) is 1.93. The maximum Gasteiger partial charge on any atom is 0.337 e. The Bertz CT molecular complexity index is 374. The smallest absolute Gasteiger partial charge is 0.337 e. The van der Waals surface area contributed by atoms with Gasteiger partial charge in [0.1, 0.15) is 0 Å². The van der Waals surface area contributed by atoms with Crippen molar-refractivity contribution < 1.29 is 9.90 Å². The summed E-state index contributed by atoms with van der Waals surface area (Å²) in [4.78, 5) is 10.9. The molecule has 74 valence electrons. The van der Waals surface area contributed by atoms with E-state index < -0.39 is 5.97 Å². The zero-order chi connectivity index (χ0) is 10.1. The molecule has 2 rings (SSSR count). The Labute approximate surface area is 82.8 Å². The zero-order valence-corrected chi connectivity index (χ0v) is 8.08. The van der Waals surface area contributed by atoms with E-state index in [1.54, 1.807) is 6.07 Å². The van der Waals surface area contributed by atoms with Gasteiger partial charge in [0, 0.05) is 6.54 Å². The first-order valence-corrected chi connectivity index (χ1v) is 4.80. The lowest BCUT2D eigenvalue weighted by Crippen LogP contribution is -2.18. The second-order valence-electron chi connectivity index (χ2n) is 3.69. The molecule has 0 radical (unpaired) electrons. The quantitative estimate of drug-likeness (QED) is 0.716. The van der Waals surface area contributed by atoms with E-state index >= 15 is 0 Å². The molecule has 0 bridgehead atoms. The number of hydrogen-bond donors (Lipinski definition) is 2. The van der Waals surface area contributed by atoms with Gasteiger partial charge in [0.25, 0.3) is 0 Å². The second kappa shape index (κ2) is 3.33. The molecule has 0 amide bonds. The number of carboxylic acids is 1. The van der Waals surface area contributed by atoms with Crippen LogP contribution in [0.5, 0.6) is 0 Å². The molecule has 0 aromatic heterocycles. The van der Waals surface area contributed by atoms with Crippen LogP contribution >= 0.6 is 0 Å². The summed E-state index contributed by atoms with van der Waals surface area (Å²) in [7, 11) is 0. The van der Waals surface area contributed by atoms with E-state index in [-0.39, 0.29) is 0 Å². The highest BCUT2D eigenvalue weighted by Crippen LogP contribution is 2.33. The van der Waals surface area contributed by atoms with Crippen molar-refractivity contribution in [3.8, 4) is 0 Å². The van der Waals surface area contributed by atoms with E-state index in [2.05, 4.69) is 12.2 Å². The minimum atomic E-state index is -0.858. The van der Waals surface area contributed by atoms with E-state index in [9.17, 15) is 4.79 Å². The number of aromatic carboxylic acids is 1. The number of carbonyl (C=O) groups is 1. The van der Waals surface area contributed by atoms with Crippen LogP contribution in [0.15, 0.2) is 18.2 Å². The van der Waals surface area contributed by atoms with E-state index in [0.29, 0.717) is 11.5 Å². The highest BCUT2D eigenvalue weighted by atomic mass is 16.4. The minimum Gasteiger partial charge on any atom is -0.478 e. The van der Waals surface area contributed by atoms with E-state index in [1.807, 2.05) is 12.1 Å². The molecular formula is C11H13NO2. The standard InChI is InChI=1S/C11H13NO2/c1-7-5-6-12-10-8(7)3-2-4-9(10)11(13)14/h2-4,7,12H,5-6H2,1H3,(H,13,14). The van der Waals surface area contributed by atoms with Crippen LogP contribution in [0.2, 0.25) is 0 Å². The topological polar surface area (TPSA) is 49.3 Å². The molecule has 14 heavy (non-hydrogen) atoms. The van der Waals surface area contributed by atoms with Crippen molar-refractivity contribution in [3.63, 3.8) is 0 Å². The molecule has 1 aromatic rings. The Morgan fingerprint density at radius 1 is 1.57 bits per heavy atom. The predicted molar refractivity (Wildman–Crippen MR) is 54.9 cm³/mol. The number of carboxylic acid groups (broad SMARTS) is 1. The van der Waals surface area contributed by atoms with Gasteiger partial charge < -0.3 is 10.4 Å². The van der Waals surface area contributed by atoms with Gasteiger partial charge >= 0.3 is 5.97 Å². The van der Waals surface area contributed by atoms with Gasteiger partial charge in [0.15, 0.2) is 0 Å². The summed E-state index contributed by atoms with van der Waals surface area (Å²) in [6.45, 7) is 2.99. The summed E-state index contributed by atoms with van der Waals surface area (Å²) < 4.78 is 0. The third kappa shape index (κ3) is 1.35. The maximum atomic E-state index is 10.9. The average molecular weight is 191 g/mol. The number of hydrogen-bond acceptors (Lipinski definition) is 2. The van der Waals surface area contributed by atoms with Gasteiger partial charge in [-0.05, 0) is 24.0 Å². The summed E-state index contributed by atoms with van der Waals surface area (Å²) in [5, 5.41) is 12.1. The molecule has 1 aromatic carbocycles. The van der Waals surface area contributed by atoms with Gasteiger partial charge in [-0.25, -0.2) is 4.79 Å². The lowest BCUT2D eigenvalue weighted by atomic mass is 9.90. The molecule has 1 heterocycles. The first-order valence-electron chi connectivity index (χ1n) is 4.80. The van der Waals surface area contributed by atoms with Crippen LogP contribution in [-0.2, 0) is 0 Å². The monoisotopic (exact) mass is 191 g/mol. The second-order valence-corrected chi connectivity index (χ2v) is 3.69. The van der Waals surface area contributed by atoms with Crippen molar-refractivity contribution in [2.45, 2.75) is 19.3 Å². The summed E-state index contributed by atoms with van der Waals surface area (Å²) in [6.07, 6.45) is 1.07. The molecular weight excluding hydrogens is 178 g/mol. The Kier molecular flexibility index (Phi) is 2.15. The highest BCUT2D eigenvalue weighted by molar-refractivity contribution is 5.95. The Morgan fingerprint density at radius 2 is 2.36 bits per heavy atom. The molecule has 0 aliphatic carbocycles. The van der Waals surface area contributed by atoms with Crippen LogP contribution in [0.3, 0.4) is 0 Å².